The maximum absolute atomic E-state index is 5.38. The highest BCUT2D eigenvalue weighted by Gasteiger charge is 1.93. The van der Waals surface area contributed by atoms with E-state index in [2.05, 4.69) is 6.92 Å². The predicted molar refractivity (Wildman–Crippen MR) is 38.2 cm³/mol. The SMILES string of the molecule is CCCSC(Cl)Cl. The van der Waals surface area contributed by atoms with Crippen molar-refractivity contribution >= 4 is 35.0 Å². The van der Waals surface area contributed by atoms with Crippen molar-refractivity contribution in [2.75, 3.05) is 5.75 Å². The summed E-state index contributed by atoms with van der Waals surface area (Å²) in [7, 11) is 0. The molecule has 0 fully saturated rings. The van der Waals surface area contributed by atoms with E-state index in [1.807, 2.05) is 0 Å². The Labute approximate surface area is 58.6 Å². The molecule has 0 saturated carbocycles. The Kier molecular flexibility index (Phi) is 5.75. The summed E-state index contributed by atoms with van der Waals surface area (Å²) in [6, 6.07) is 0. The topological polar surface area (TPSA) is 0 Å². The summed E-state index contributed by atoms with van der Waals surface area (Å²) < 4.78 is -0.236. The van der Waals surface area contributed by atoms with Crippen molar-refractivity contribution < 1.29 is 0 Å². The molecular weight excluding hydrogens is 151 g/mol. The minimum atomic E-state index is -0.236. The average Bonchev–Trinajstić information content (AvgIpc) is 1.61. The quantitative estimate of drug-likeness (QED) is 0.570. The van der Waals surface area contributed by atoms with Crippen LogP contribution >= 0.6 is 35.0 Å². The monoisotopic (exact) mass is 158 g/mol. The van der Waals surface area contributed by atoms with Crippen molar-refractivity contribution in [2.45, 2.75) is 17.5 Å². The number of rotatable bonds is 3. The molecule has 7 heavy (non-hydrogen) atoms. The van der Waals surface area contributed by atoms with Crippen LogP contribution in [-0.2, 0) is 0 Å². The van der Waals surface area contributed by atoms with Crippen LogP contribution in [0.25, 0.3) is 0 Å². The van der Waals surface area contributed by atoms with E-state index in [0.717, 1.165) is 12.2 Å². The van der Waals surface area contributed by atoms with Gasteiger partial charge in [0.15, 0.2) is 4.17 Å². The van der Waals surface area contributed by atoms with Gasteiger partial charge in [-0.3, -0.25) is 0 Å². The Hall–Kier alpha value is 0.930. The largest absolute Gasteiger partial charge is 0.153 e. The van der Waals surface area contributed by atoms with Gasteiger partial charge in [0, 0.05) is 0 Å². The van der Waals surface area contributed by atoms with Crippen molar-refractivity contribution in [3.63, 3.8) is 0 Å². The van der Waals surface area contributed by atoms with Crippen molar-refractivity contribution in [1.29, 1.82) is 0 Å². The van der Waals surface area contributed by atoms with Crippen LogP contribution in [0, 0.1) is 0 Å². The standard InChI is InChI=1S/C4H8Cl2S/c1-2-3-7-4(5)6/h4H,2-3H2,1H3. The van der Waals surface area contributed by atoms with Gasteiger partial charge in [0.1, 0.15) is 0 Å². The maximum atomic E-state index is 5.38. The third kappa shape index (κ3) is 6.93. The van der Waals surface area contributed by atoms with Crippen molar-refractivity contribution in [3.05, 3.63) is 0 Å². The highest BCUT2D eigenvalue weighted by Crippen LogP contribution is 2.18. The van der Waals surface area contributed by atoms with Gasteiger partial charge in [-0.1, -0.05) is 30.1 Å². The minimum Gasteiger partial charge on any atom is -0.127 e. The highest BCUT2D eigenvalue weighted by molar-refractivity contribution is 8.02. The Morgan fingerprint density at radius 1 is 1.57 bits per heavy atom. The number of halogens is 2. The van der Waals surface area contributed by atoms with Gasteiger partial charge in [0.2, 0.25) is 0 Å². The van der Waals surface area contributed by atoms with Crippen molar-refractivity contribution in [3.8, 4) is 0 Å². The highest BCUT2D eigenvalue weighted by atomic mass is 35.5. The van der Waals surface area contributed by atoms with Crippen LogP contribution in [0.4, 0.5) is 0 Å². The molecule has 0 aromatic carbocycles. The van der Waals surface area contributed by atoms with E-state index in [-0.39, 0.29) is 4.17 Å². The van der Waals surface area contributed by atoms with Crippen LogP contribution in [0.3, 0.4) is 0 Å². The van der Waals surface area contributed by atoms with Gasteiger partial charge in [0.25, 0.3) is 0 Å². The lowest BCUT2D eigenvalue weighted by Crippen LogP contribution is -1.79. The average molecular weight is 159 g/mol. The molecule has 0 rings (SSSR count). The summed E-state index contributed by atoms with van der Waals surface area (Å²) in [6.45, 7) is 2.10. The second kappa shape index (κ2) is 5.07. The Morgan fingerprint density at radius 2 is 2.14 bits per heavy atom. The fourth-order valence-corrected chi connectivity index (χ4v) is 1.16. The van der Waals surface area contributed by atoms with E-state index in [9.17, 15) is 0 Å². The molecule has 0 spiro atoms. The number of hydrogen-bond acceptors (Lipinski definition) is 1. The second-order valence-electron chi connectivity index (χ2n) is 1.13. The second-order valence-corrected chi connectivity index (χ2v) is 3.96. The van der Waals surface area contributed by atoms with Gasteiger partial charge < -0.3 is 0 Å². The summed E-state index contributed by atoms with van der Waals surface area (Å²) in [6.07, 6.45) is 1.14. The molecular formula is C4H8Cl2S. The predicted octanol–water partition coefficient (Wildman–Crippen LogP) is 2.89. The first kappa shape index (κ1) is 7.93. The number of alkyl halides is 2. The molecule has 3 heteroatoms. The van der Waals surface area contributed by atoms with Gasteiger partial charge in [-0.05, 0) is 12.2 Å². The van der Waals surface area contributed by atoms with Gasteiger partial charge in [-0.2, -0.15) is 0 Å². The molecule has 0 saturated heterocycles. The van der Waals surface area contributed by atoms with Gasteiger partial charge in [-0.15, -0.1) is 11.8 Å². The molecule has 0 bridgehead atoms. The summed E-state index contributed by atoms with van der Waals surface area (Å²) >= 11 is 12.3. The van der Waals surface area contributed by atoms with Crippen LogP contribution in [0.1, 0.15) is 13.3 Å². The van der Waals surface area contributed by atoms with Gasteiger partial charge in [0.05, 0.1) is 0 Å². The maximum Gasteiger partial charge on any atom is 0.153 e. The molecule has 0 atom stereocenters. The van der Waals surface area contributed by atoms with Crippen molar-refractivity contribution in [1.82, 2.24) is 0 Å². The fourth-order valence-electron chi connectivity index (χ4n) is 0.207. The third-order valence-electron chi connectivity index (χ3n) is 0.448. The van der Waals surface area contributed by atoms with Crippen LogP contribution in [0.15, 0.2) is 0 Å². The molecule has 0 heterocycles. The lowest BCUT2D eigenvalue weighted by atomic mass is 10.6. The fraction of sp³-hybridized carbons (Fsp3) is 1.00. The molecule has 0 nitrogen and oxygen atoms in total. The molecule has 0 unspecified atom stereocenters. The lowest BCUT2D eigenvalue weighted by Gasteiger charge is -1.94. The summed E-state index contributed by atoms with van der Waals surface area (Å²) in [5.41, 5.74) is 0. The van der Waals surface area contributed by atoms with E-state index in [0.29, 0.717) is 0 Å². The Balaban J connectivity index is 2.68. The summed E-state index contributed by atoms with van der Waals surface area (Å²) in [4.78, 5) is 0. The van der Waals surface area contributed by atoms with Crippen LogP contribution in [0.2, 0.25) is 0 Å². The molecule has 0 aliphatic rings. The van der Waals surface area contributed by atoms with Crippen LogP contribution in [0.5, 0.6) is 0 Å². The van der Waals surface area contributed by atoms with E-state index < -0.39 is 0 Å². The summed E-state index contributed by atoms with van der Waals surface area (Å²) in [5, 5.41) is 0. The number of thioether (sulfide) groups is 1. The number of hydrogen-bond donors (Lipinski definition) is 0. The minimum absolute atomic E-state index is 0.236. The molecule has 0 aliphatic heterocycles. The van der Waals surface area contributed by atoms with Crippen LogP contribution < -0.4 is 0 Å². The first-order chi connectivity index (χ1) is 3.27. The molecule has 44 valence electrons. The van der Waals surface area contributed by atoms with E-state index >= 15 is 0 Å². The van der Waals surface area contributed by atoms with E-state index in [1.165, 1.54) is 0 Å². The zero-order valence-corrected chi connectivity index (χ0v) is 6.48. The first-order valence-electron chi connectivity index (χ1n) is 2.17. The normalized spacial score (nSPS) is 10.3. The third-order valence-corrected chi connectivity index (χ3v) is 2.10. The van der Waals surface area contributed by atoms with E-state index in [1.54, 1.807) is 11.8 Å². The molecule has 0 N–H and O–H groups in total. The van der Waals surface area contributed by atoms with Crippen LogP contribution in [-0.4, -0.2) is 9.92 Å². The van der Waals surface area contributed by atoms with Crippen molar-refractivity contribution in [2.24, 2.45) is 0 Å². The summed E-state index contributed by atoms with van der Waals surface area (Å²) in [5.74, 6) is 1.05. The van der Waals surface area contributed by atoms with Gasteiger partial charge in [-0.25, -0.2) is 0 Å². The Morgan fingerprint density at radius 3 is 2.29 bits per heavy atom. The molecule has 0 amide bonds. The smallest absolute Gasteiger partial charge is 0.127 e. The zero-order valence-electron chi connectivity index (χ0n) is 4.16. The zero-order chi connectivity index (χ0) is 5.70. The van der Waals surface area contributed by atoms with E-state index in [4.69, 9.17) is 23.2 Å². The lowest BCUT2D eigenvalue weighted by molar-refractivity contribution is 1.11. The molecule has 0 aromatic rings. The Bertz CT molecular complexity index is 38.7. The van der Waals surface area contributed by atoms with Gasteiger partial charge >= 0.3 is 0 Å². The molecule has 0 aromatic heterocycles. The first-order valence-corrected chi connectivity index (χ1v) is 4.09. The molecule has 0 radical (unpaired) electrons. The molecule has 0 aliphatic carbocycles.